The number of anilines is 2. The molecular weight excluding hydrogens is 273 g/mol. The number of nitrogens with one attached hydrogen (secondary N) is 2. The van der Waals surface area contributed by atoms with Crippen LogP contribution in [0.25, 0.3) is 0 Å². The van der Waals surface area contributed by atoms with Crippen LogP contribution in [-0.4, -0.2) is 36.1 Å². The highest BCUT2D eigenvalue weighted by atomic mass is 35.5. The summed E-state index contributed by atoms with van der Waals surface area (Å²) >= 11 is 12.0. The summed E-state index contributed by atoms with van der Waals surface area (Å²) in [6, 6.07) is 1.62. The Labute approximate surface area is 118 Å². The third kappa shape index (κ3) is 4.17. The standard InChI is InChI=1S/C11H19Cl2N5/c1-3-18(4-2)6-5-15-10-8(12)7-9(13)11(16-10)17-14/h7H,3-6,14H2,1-2H3,(H2,15,16,17). The molecule has 102 valence electrons. The predicted molar refractivity (Wildman–Crippen MR) is 78.3 cm³/mol. The molecule has 0 spiro atoms. The number of nitrogens with zero attached hydrogens (tertiary/aromatic N) is 2. The van der Waals surface area contributed by atoms with Gasteiger partial charge in [0.2, 0.25) is 0 Å². The Morgan fingerprint density at radius 2 is 1.83 bits per heavy atom. The van der Waals surface area contributed by atoms with Gasteiger partial charge in [0.1, 0.15) is 5.82 Å². The molecule has 0 aromatic carbocycles. The summed E-state index contributed by atoms with van der Waals surface area (Å²) < 4.78 is 0. The Balaban J connectivity index is 2.61. The van der Waals surface area contributed by atoms with Crippen LogP contribution in [0.4, 0.5) is 11.6 Å². The van der Waals surface area contributed by atoms with Crippen molar-refractivity contribution in [3.8, 4) is 0 Å². The molecule has 4 N–H and O–H groups in total. The average molecular weight is 292 g/mol. The van der Waals surface area contributed by atoms with E-state index >= 15 is 0 Å². The lowest BCUT2D eigenvalue weighted by molar-refractivity contribution is 0.316. The van der Waals surface area contributed by atoms with E-state index in [0.29, 0.717) is 21.7 Å². The van der Waals surface area contributed by atoms with E-state index in [1.807, 2.05) is 0 Å². The molecule has 0 unspecified atom stereocenters. The molecule has 18 heavy (non-hydrogen) atoms. The summed E-state index contributed by atoms with van der Waals surface area (Å²) in [5.74, 6) is 6.31. The lowest BCUT2D eigenvalue weighted by Crippen LogP contribution is -2.28. The van der Waals surface area contributed by atoms with E-state index in [0.717, 1.165) is 26.2 Å². The number of aromatic nitrogens is 1. The van der Waals surface area contributed by atoms with Gasteiger partial charge in [0.25, 0.3) is 0 Å². The van der Waals surface area contributed by atoms with Crippen molar-refractivity contribution < 1.29 is 0 Å². The summed E-state index contributed by atoms with van der Waals surface area (Å²) in [4.78, 5) is 6.51. The SMILES string of the molecule is CCN(CC)CCNc1nc(NN)c(Cl)cc1Cl. The minimum absolute atomic E-state index is 0.400. The third-order valence-corrected chi connectivity index (χ3v) is 3.26. The van der Waals surface area contributed by atoms with Crippen LogP contribution in [-0.2, 0) is 0 Å². The number of rotatable bonds is 7. The average Bonchev–Trinajstić information content (AvgIpc) is 2.37. The Hall–Kier alpha value is -0.750. The normalized spacial score (nSPS) is 10.8. The molecule has 0 saturated carbocycles. The van der Waals surface area contributed by atoms with Gasteiger partial charge in [0.15, 0.2) is 5.82 Å². The van der Waals surface area contributed by atoms with Crippen LogP contribution in [0.3, 0.4) is 0 Å². The van der Waals surface area contributed by atoms with Crippen molar-refractivity contribution in [3.05, 3.63) is 16.1 Å². The van der Waals surface area contributed by atoms with E-state index in [4.69, 9.17) is 29.0 Å². The number of hydrogen-bond donors (Lipinski definition) is 3. The van der Waals surface area contributed by atoms with Gasteiger partial charge in [-0.05, 0) is 19.2 Å². The maximum atomic E-state index is 6.05. The molecule has 0 bridgehead atoms. The van der Waals surface area contributed by atoms with Crippen LogP contribution in [0, 0.1) is 0 Å². The zero-order valence-corrected chi connectivity index (χ0v) is 12.1. The quantitative estimate of drug-likeness (QED) is 0.532. The van der Waals surface area contributed by atoms with Gasteiger partial charge in [0.05, 0.1) is 10.0 Å². The molecule has 0 atom stereocenters. The monoisotopic (exact) mass is 291 g/mol. The van der Waals surface area contributed by atoms with Crippen molar-refractivity contribution in [2.45, 2.75) is 13.8 Å². The molecule has 0 saturated heterocycles. The number of hydrazine groups is 1. The lowest BCUT2D eigenvalue weighted by Gasteiger charge is -2.18. The van der Waals surface area contributed by atoms with E-state index in [1.54, 1.807) is 6.07 Å². The molecular formula is C11H19Cl2N5. The van der Waals surface area contributed by atoms with Crippen LogP contribution in [0.15, 0.2) is 6.07 Å². The summed E-state index contributed by atoms with van der Waals surface area (Å²) in [5, 5.41) is 4.06. The van der Waals surface area contributed by atoms with Crippen molar-refractivity contribution >= 4 is 34.8 Å². The van der Waals surface area contributed by atoms with E-state index in [-0.39, 0.29) is 0 Å². The number of likely N-dealkylation sites (N-methyl/N-ethyl adjacent to an activating group) is 1. The van der Waals surface area contributed by atoms with E-state index < -0.39 is 0 Å². The molecule has 0 aliphatic rings. The van der Waals surface area contributed by atoms with Crippen molar-refractivity contribution in [1.82, 2.24) is 9.88 Å². The lowest BCUT2D eigenvalue weighted by atomic mass is 10.4. The number of nitrogen functional groups attached to an aromatic ring is 1. The van der Waals surface area contributed by atoms with Crippen molar-refractivity contribution in [2.24, 2.45) is 5.84 Å². The highest BCUT2D eigenvalue weighted by Gasteiger charge is 2.08. The van der Waals surface area contributed by atoms with Gasteiger partial charge in [-0.25, -0.2) is 10.8 Å². The second-order valence-electron chi connectivity index (χ2n) is 3.75. The fraction of sp³-hybridized carbons (Fsp3) is 0.545. The van der Waals surface area contributed by atoms with Gasteiger partial charge >= 0.3 is 0 Å². The Kier molecular flexibility index (Phi) is 6.49. The summed E-state index contributed by atoms with van der Waals surface area (Å²) in [6.45, 7) is 8.01. The number of pyridine rings is 1. The largest absolute Gasteiger partial charge is 0.367 e. The summed E-state index contributed by atoms with van der Waals surface area (Å²) in [7, 11) is 0. The Morgan fingerprint density at radius 3 is 2.39 bits per heavy atom. The van der Waals surface area contributed by atoms with E-state index in [2.05, 4.69) is 34.5 Å². The molecule has 0 fully saturated rings. The van der Waals surface area contributed by atoms with Gasteiger partial charge in [-0.3, -0.25) is 0 Å². The van der Waals surface area contributed by atoms with Gasteiger partial charge in [-0.1, -0.05) is 37.0 Å². The first-order valence-electron chi connectivity index (χ1n) is 5.91. The molecule has 1 heterocycles. The molecule has 0 amide bonds. The van der Waals surface area contributed by atoms with Gasteiger partial charge in [-0.2, -0.15) is 0 Å². The smallest absolute Gasteiger partial charge is 0.161 e. The number of halogens is 2. The van der Waals surface area contributed by atoms with E-state index in [9.17, 15) is 0 Å². The molecule has 1 aromatic rings. The highest BCUT2D eigenvalue weighted by Crippen LogP contribution is 2.28. The molecule has 1 aromatic heterocycles. The topological polar surface area (TPSA) is 66.2 Å². The number of hydrogen-bond acceptors (Lipinski definition) is 5. The minimum atomic E-state index is 0.400. The molecule has 0 aliphatic carbocycles. The van der Waals surface area contributed by atoms with Gasteiger partial charge < -0.3 is 15.6 Å². The summed E-state index contributed by atoms with van der Waals surface area (Å²) in [6.07, 6.45) is 0. The molecule has 1 rings (SSSR count). The summed E-state index contributed by atoms with van der Waals surface area (Å²) in [5.41, 5.74) is 2.43. The maximum Gasteiger partial charge on any atom is 0.161 e. The zero-order chi connectivity index (χ0) is 13.5. The first-order valence-corrected chi connectivity index (χ1v) is 6.66. The predicted octanol–water partition coefficient (Wildman–Crippen LogP) is 2.43. The zero-order valence-electron chi connectivity index (χ0n) is 10.6. The van der Waals surface area contributed by atoms with Crippen LogP contribution in [0.2, 0.25) is 10.0 Å². The van der Waals surface area contributed by atoms with Crippen LogP contribution in [0.1, 0.15) is 13.8 Å². The second-order valence-corrected chi connectivity index (χ2v) is 4.56. The molecule has 0 radical (unpaired) electrons. The second kappa shape index (κ2) is 7.63. The van der Waals surface area contributed by atoms with Gasteiger partial charge in [0, 0.05) is 13.1 Å². The van der Waals surface area contributed by atoms with Crippen LogP contribution in [0.5, 0.6) is 0 Å². The first kappa shape index (κ1) is 15.3. The maximum absolute atomic E-state index is 6.05. The number of nitrogens with two attached hydrogens (primary N) is 1. The highest BCUT2D eigenvalue weighted by molar-refractivity contribution is 6.37. The molecule has 5 nitrogen and oxygen atoms in total. The first-order chi connectivity index (χ1) is 8.62. The van der Waals surface area contributed by atoms with Crippen LogP contribution >= 0.6 is 23.2 Å². The van der Waals surface area contributed by atoms with Crippen molar-refractivity contribution in [2.75, 3.05) is 36.9 Å². The molecule has 7 heteroatoms. The molecule has 0 aliphatic heterocycles. The van der Waals surface area contributed by atoms with Gasteiger partial charge in [-0.15, -0.1) is 0 Å². The van der Waals surface area contributed by atoms with Crippen LogP contribution < -0.4 is 16.6 Å². The minimum Gasteiger partial charge on any atom is -0.367 e. The van der Waals surface area contributed by atoms with Crippen molar-refractivity contribution in [1.29, 1.82) is 0 Å². The van der Waals surface area contributed by atoms with E-state index in [1.165, 1.54) is 0 Å². The fourth-order valence-electron chi connectivity index (χ4n) is 1.56. The fourth-order valence-corrected chi connectivity index (χ4v) is 2.04. The Bertz CT molecular complexity index is 382. The third-order valence-electron chi connectivity index (χ3n) is 2.68. The van der Waals surface area contributed by atoms with Crippen molar-refractivity contribution in [3.63, 3.8) is 0 Å². The Morgan fingerprint density at radius 1 is 1.22 bits per heavy atom.